The molecule has 4 aromatic heterocycles. The van der Waals surface area contributed by atoms with Crippen molar-refractivity contribution in [2.45, 2.75) is 47.0 Å². The normalized spacial score (nSPS) is 11.9. The molecule has 0 bridgehead atoms. The Morgan fingerprint density at radius 3 is 1.44 bits per heavy atom. The van der Waals surface area contributed by atoms with E-state index in [9.17, 15) is 31.5 Å². The number of ether oxygens (including phenoxy) is 1. The summed E-state index contributed by atoms with van der Waals surface area (Å²) in [6.45, 7) is 5.04. The molecule has 310 valence electrons. The molecule has 0 radical (unpaired) electrons. The molecular weight excluding hydrogens is 856 g/mol. The number of methoxy groups -OCH3 is 1. The molecule has 20 heteroatoms. The van der Waals surface area contributed by atoms with Crippen molar-refractivity contribution in [3.63, 3.8) is 0 Å². The summed E-state index contributed by atoms with van der Waals surface area (Å²) in [5.74, 6) is -2.22. The molecule has 0 atom stereocenters. The Morgan fingerprint density at radius 2 is 1.03 bits per heavy atom. The van der Waals surface area contributed by atoms with Gasteiger partial charge in [0.2, 0.25) is 0 Å². The van der Waals surface area contributed by atoms with Gasteiger partial charge >= 0.3 is 30.8 Å². The van der Waals surface area contributed by atoms with Gasteiger partial charge in [-0.2, -0.15) is 0 Å². The van der Waals surface area contributed by atoms with Gasteiger partial charge in [-0.15, -0.1) is 22.7 Å². The van der Waals surface area contributed by atoms with E-state index in [4.69, 9.17) is 4.74 Å². The van der Waals surface area contributed by atoms with Gasteiger partial charge in [0.15, 0.2) is 29.2 Å². The van der Waals surface area contributed by atoms with E-state index < -0.39 is 41.1 Å². The molecule has 0 spiro atoms. The third-order valence-electron chi connectivity index (χ3n) is 9.80. The summed E-state index contributed by atoms with van der Waals surface area (Å²) in [6, 6.07) is 24.2. The Hall–Kier alpha value is -5.52. The molecule has 0 aliphatic carbocycles. The number of carboxylic acid groups (broad SMARTS) is 1. The fourth-order valence-electron chi connectivity index (χ4n) is 6.04. The summed E-state index contributed by atoms with van der Waals surface area (Å²) in [4.78, 5) is 40.8. The monoisotopic (exact) mass is 892 g/mol. The number of carbonyl (C=O) groups excluding carboxylic acids is 1. The summed E-state index contributed by atoms with van der Waals surface area (Å²) < 4.78 is 55.2. The molecule has 0 aliphatic heterocycles. The van der Waals surface area contributed by atoms with Crippen LogP contribution < -0.4 is 29.5 Å². The zero-order valence-corrected chi connectivity index (χ0v) is 36.8. The van der Waals surface area contributed by atoms with Gasteiger partial charge in [-0.25, -0.2) is 26.8 Å². The maximum atomic E-state index is 13.1. The van der Waals surface area contributed by atoms with E-state index in [1.165, 1.54) is 59.1 Å². The second-order valence-electron chi connectivity index (χ2n) is 14.2. The van der Waals surface area contributed by atoms with Crippen molar-refractivity contribution in [1.29, 1.82) is 0 Å². The van der Waals surface area contributed by atoms with Crippen LogP contribution in [0.5, 0.6) is 0 Å². The molecule has 15 nitrogen and oxygen atoms in total. The van der Waals surface area contributed by atoms with Gasteiger partial charge in [0.05, 0.1) is 59.4 Å². The van der Waals surface area contributed by atoms with Crippen LogP contribution in [0.15, 0.2) is 118 Å². The molecule has 8 rings (SSSR count). The van der Waals surface area contributed by atoms with E-state index in [0.717, 1.165) is 31.8 Å². The van der Waals surface area contributed by atoms with Crippen LogP contribution in [-0.4, -0.2) is 75.9 Å². The number of rotatable bonds is 10. The third-order valence-corrected chi connectivity index (χ3v) is 16.2. The Morgan fingerprint density at radius 1 is 0.607 bits per heavy atom. The van der Waals surface area contributed by atoms with Gasteiger partial charge in [-0.1, -0.05) is 0 Å². The van der Waals surface area contributed by atoms with Crippen molar-refractivity contribution in [1.82, 2.24) is 19.9 Å². The van der Waals surface area contributed by atoms with E-state index in [0.29, 0.717) is 33.2 Å². The minimum Gasteiger partial charge on any atom is -0.870 e. The van der Waals surface area contributed by atoms with E-state index >= 15 is 0 Å². The van der Waals surface area contributed by atoms with Gasteiger partial charge < -0.3 is 26.0 Å². The number of thiazole rings is 2. The molecular formula is C41H37LiN6O9S4. The summed E-state index contributed by atoms with van der Waals surface area (Å²) in [5.41, 5.74) is 9.52. The number of carbonyl (C=O) groups is 2. The number of nitrogens with one attached hydrogen (secondary N) is 2. The summed E-state index contributed by atoms with van der Waals surface area (Å²) in [5, 5.41) is 17.2. The van der Waals surface area contributed by atoms with Crippen LogP contribution in [0, 0.1) is 0 Å². The molecule has 4 N–H and O–H groups in total. The number of esters is 1. The second-order valence-corrected chi connectivity index (χ2v) is 21.0. The largest absolute Gasteiger partial charge is 1.00 e. The number of fused-ring (bicyclic) bond motifs is 4. The molecule has 61 heavy (non-hydrogen) atoms. The molecule has 8 aromatic rings. The van der Waals surface area contributed by atoms with Crippen LogP contribution in [0.4, 0.5) is 22.7 Å². The van der Waals surface area contributed by atoms with Gasteiger partial charge in [0, 0.05) is 45.9 Å². The fraction of sp³-hybridized carbons (Fsp3) is 0.171. The van der Waals surface area contributed by atoms with Crippen LogP contribution >= 0.6 is 22.7 Å². The van der Waals surface area contributed by atoms with E-state index in [1.807, 2.05) is 36.4 Å². The fourth-order valence-corrected chi connectivity index (χ4v) is 10.1. The van der Waals surface area contributed by atoms with Crippen LogP contribution in [0.3, 0.4) is 0 Å². The van der Waals surface area contributed by atoms with Crippen LogP contribution in [0.2, 0.25) is 0 Å². The van der Waals surface area contributed by atoms with Crippen molar-refractivity contribution >= 4 is 119 Å². The maximum Gasteiger partial charge on any atom is 1.00 e. The van der Waals surface area contributed by atoms with Crippen molar-refractivity contribution in [2.75, 3.05) is 17.7 Å². The van der Waals surface area contributed by atoms with Crippen LogP contribution in [-0.2, 0) is 34.0 Å². The SMILES string of the molecule is CC(C)(C(=O)O)S(=O)(=O)c1ccc2nccc(Nc3ccc4scnc4c3)c2c1.COC(=O)C(C)(C)S(=O)(=O)c1ccc2nccc(Nc3ccc4scnc4c3)c2c1.[Li+].[OH-]. The van der Waals surface area contributed by atoms with E-state index in [1.54, 1.807) is 70.4 Å². The van der Waals surface area contributed by atoms with Crippen LogP contribution in [0.1, 0.15) is 27.7 Å². The first-order valence-corrected chi connectivity index (χ1v) is 22.5. The van der Waals surface area contributed by atoms with Crippen molar-refractivity contribution < 1.29 is 60.6 Å². The number of nitrogens with zero attached hydrogens (tertiary/aromatic N) is 4. The minimum atomic E-state index is -4.10. The van der Waals surface area contributed by atoms with Gasteiger partial charge in [-0.05, 0) is 113 Å². The number of aliphatic carboxylic acids is 1. The van der Waals surface area contributed by atoms with Gasteiger partial charge in [-0.3, -0.25) is 19.6 Å². The zero-order valence-electron chi connectivity index (χ0n) is 33.6. The molecule has 4 heterocycles. The average Bonchev–Trinajstić information content (AvgIpc) is 3.90. The van der Waals surface area contributed by atoms with Gasteiger partial charge in [0.25, 0.3) is 0 Å². The van der Waals surface area contributed by atoms with Gasteiger partial charge in [0.1, 0.15) is 0 Å². The Labute approximate surface area is 370 Å². The smallest absolute Gasteiger partial charge is 0.870 e. The number of hydrogen-bond acceptors (Lipinski definition) is 16. The predicted molar refractivity (Wildman–Crippen MR) is 233 cm³/mol. The van der Waals surface area contributed by atoms with Crippen molar-refractivity contribution in [3.8, 4) is 0 Å². The molecule has 0 amide bonds. The maximum absolute atomic E-state index is 13.1. The molecule has 0 unspecified atom stereocenters. The predicted octanol–water partition coefficient (Wildman–Crippen LogP) is 5.37. The Bertz CT molecular complexity index is 3170. The molecule has 4 aromatic carbocycles. The molecule has 0 saturated carbocycles. The second kappa shape index (κ2) is 17.8. The molecule has 0 fully saturated rings. The van der Waals surface area contributed by atoms with E-state index in [-0.39, 0.29) is 34.1 Å². The number of hydrogen-bond donors (Lipinski definition) is 3. The number of benzene rings is 4. The number of sulfone groups is 2. The standard InChI is InChI=1S/C21H19N3O4S2.C20H17N3O4S2.Li.H2O/c1-21(2,20(25)28-3)30(26,27)14-5-6-16-15(11-14)17(8-9-22-16)24-13-4-7-19-18(10-13)23-12-29-19;1-20(2,19(24)25)29(26,27)13-4-5-15-14(10-13)16(7-8-21-15)23-12-3-6-18-17(9-12)22-11-28-18;;/h4-12H,1-3H3,(H,22,24);3-11H,1-2H3,(H,21,23)(H,24,25);;1H2/q;;+1;/p-1. The number of pyridine rings is 2. The zero-order chi connectivity index (χ0) is 42.3. The number of anilines is 4. The molecule has 0 saturated heterocycles. The van der Waals surface area contributed by atoms with Crippen molar-refractivity contribution in [2.24, 2.45) is 0 Å². The summed E-state index contributed by atoms with van der Waals surface area (Å²) in [7, 11) is -6.92. The minimum absolute atomic E-state index is 0. The number of carboxylic acids is 1. The average molecular weight is 893 g/mol. The summed E-state index contributed by atoms with van der Waals surface area (Å²) >= 11 is 3.11. The third kappa shape index (κ3) is 8.81. The van der Waals surface area contributed by atoms with Crippen molar-refractivity contribution in [3.05, 3.63) is 108 Å². The first-order valence-electron chi connectivity index (χ1n) is 17.7. The molecule has 0 aliphatic rings. The topological polar surface area (TPSA) is 238 Å². The Balaban J connectivity index is 0.000000224. The van der Waals surface area contributed by atoms with Crippen LogP contribution in [0.25, 0.3) is 42.2 Å². The quantitative estimate of drug-likeness (QED) is 0.116. The van der Waals surface area contributed by atoms with E-state index in [2.05, 4.69) is 30.6 Å². The first kappa shape index (κ1) is 46.5. The summed E-state index contributed by atoms with van der Waals surface area (Å²) in [6.07, 6.45) is 3.28. The number of aromatic nitrogens is 4. The first-order chi connectivity index (χ1) is 27.9. The Kier molecular flexibility index (Phi) is 13.6.